The van der Waals surface area contributed by atoms with Crippen molar-refractivity contribution < 1.29 is 0 Å². The zero-order valence-corrected chi connectivity index (χ0v) is 10.6. The van der Waals surface area contributed by atoms with Crippen LogP contribution in [0.5, 0.6) is 0 Å². The van der Waals surface area contributed by atoms with Crippen molar-refractivity contribution in [1.29, 1.82) is 0 Å². The summed E-state index contributed by atoms with van der Waals surface area (Å²) in [6.45, 7) is 2.43. The fourth-order valence-electron chi connectivity index (χ4n) is 3.19. The predicted molar refractivity (Wildman–Crippen MR) is 72.3 cm³/mol. The molecule has 0 radical (unpaired) electrons. The van der Waals surface area contributed by atoms with Crippen LogP contribution < -0.4 is 5.32 Å². The van der Waals surface area contributed by atoms with Gasteiger partial charge in [0.15, 0.2) is 0 Å². The van der Waals surface area contributed by atoms with E-state index in [1.54, 1.807) is 5.56 Å². The van der Waals surface area contributed by atoms with Crippen molar-refractivity contribution in [2.45, 2.75) is 44.4 Å². The molecule has 1 aromatic rings. The second kappa shape index (κ2) is 5.22. The van der Waals surface area contributed by atoms with Gasteiger partial charge < -0.3 is 5.32 Å². The first-order valence-electron chi connectivity index (χ1n) is 7.21. The summed E-state index contributed by atoms with van der Waals surface area (Å²) in [5.74, 6) is 1.73. The van der Waals surface area contributed by atoms with E-state index in [1.807, 2.05) is 0 Å². The molecule has 1 aromatic carbocycles. The van der Waals surface area contributed by atoms with Gasteiger partial charge in [0.25, 0.3) is 0 Å². The SMILES string of the molecule is c1cc(C2CCCCC2)ccc1CC1CNC1. The van der Waals surface area contributed by atoms with Gasteiger partial charge in [0, 0.05) is 0 Å². The molecule has 0 bridgehead atoms. The van der Waals surface area contributed by atoms with E-state index in [9.17, 15) is 0 Å². The van der Waals surface area contributed by atoms with Crippen LogP contribution in [-0.2, 0) is 6.42 Å². The van der Waals surface area contributed by atoms with E-state index >= 15 is 0 Å². The molecule has 0 unspecified atom stereocenters. The highest BCUT2D eigenvalue weighted by molar-refractivity contribution is 5.26. The van der Waals surface area contributed by atoms with Crippen LogP contribution in [0.15, 0.2) is 24.3 Å². The molecule has 1 heterocycles. The summed E-state index contributed by atoms with van der Waals surface area (Å²) in [4.78, 5) is 0. The fourth-order valence-corrected chi connectivity index (χ4v) is 3.19. The Labute approximate surface area is 105 Å². The van der Waals surface area contributed by atoms with E-state index in [-0.39, 0.29) is 0 Å². The average molecular weight is 229 g/mol. The van der Waals surface area contributed by atoms with Crippen molar-refractivity contribution >= 4 is 0 Å². The molecule has 1 saturated heterocycles. The third-order valence-electron chi connectivity index (χ3n) is 4.45. The predicted octanol–water partition coefficient (Wildman–Crippen LogP) is 3.50. The second-order valence-electron chi connectivity index (χ2n) is 5.80. The minimum atomic E-state index is 0.850. The largest absolute Gasteiger partial charge is 0.316 e. The fraction of sp³-hybridized carbons (Fsp3) is 0.625. The Morgan fingerprint density at radius 2 is 1.65 bits per heavy atom. The maximum absolute atomic E-state index is 3.34. The number of benzene rings is 1. The Bertz CT molecular complexity index is 344. The summed E-state index contributed by atoms with van der Waals surface area (Å²) in [6.07, 6.45) is 8.39. The first-order chi connectivity index (χ1) is 8.42. The minimum Gasteiger partial charge on any atom is -0.316 e. The molecule has 2 aliphatic rings. The normalized spacial score (nSPS) is 22.4. The smallest absolute Gasteiger partial charge is 0.000506 e. The van der Waals surface area contributed by atoms with Crippen molar-refractivity contribution in [3.8, 4) is 0 Å². The molecule has 17 heavy (non-hydrogen) atoms. The molecule has 2 fully saturated rings. The Morgan fingerprint density at radius 1 is 0.941 bits per heavy atom. The molecule has 0 aromatic heterocycles. The molecule has 0 atom stereocenters. The second-order valence-corrected chi connectivity index (χ2v) is 5.80. The van der Waals surface area contributed by atoms with Crippen LogP contribution in [0.1, 0.15) is 49.1 Å². The molecule has 92 valence electrons. The standard InChI is InChI=1S/C16H23N/c1-2-4-15(5-3-1)16-8-6-13(7-9-16)10-14-11-17-12-14/h6-9,14-15,17H,1-5,10-12H2. The first kappa shape index (κ1) is 11.3. The highest BCUT2D eigenvalue weighted by Gasteiger charge is 2.18. The molecule has 0 spiro atoms. The molecule has 1 N–H and O–H groups in total. The van der Waals surface area contributed by atoms with Crippen LogP contribution in [0.2, 0.25) is 0 Å². The molecule has 1 nitrogen and oxygen atoms in total. The highest BCUT2D eigenvalue weighted by atomic mass is 14.9. The van der Waals surface area contributed by atoms with Gasteiger partial charge in [-0.1, -0.05) is 43.5 Å². The van der Waals surface area contributed by atoms with Gasteiger partial charge >= 0.3 is 0 Å². The van der Waals surface area contributed by atoms with Gasteiger partial charge in [-0.25, -0.2) is 0 Å². The van der Waals surface area contributed by atoms with E-state index in [2.05, 4.69) is 29.6 Å². The van der Waals surface area contributed by atoms with Gasteiger partial charge in [0.1, 0.15) is 0 Å². The van der Waals surface area contributed by atoms with Crippen molar-refractivity contribution in [1.82, 2.24) is 5.32 Å². The maximum atomic E-state index is 3.34. The zero-order valence-electron chi connectivity index (χ0n) is 10.6. The van der Waals surface area contributed by atoms with Gasteiger partial charge in [-0.15, -0.1) is 0 Å². The number of nitrogens with one attached hydrogen (secondary N) is 1. The van der Waals surface area contributed by atoms with E-state index in [0.717, 1.165) is 11.8 Å². The molecule has 1 aliphatic carbocycles. The summed E-state index contributed by atoms with van der Waals surface area (Å²) in [6, 6.07) is 9.50. The minimum absolute atomic E-state index is 0.850. The summed E-state index contributed by atoms with van der Waals surface area (Å²) >= 11 is 0. The van der Waals surface area contributed by atoms with E-state index < -0.39 is 0 Å². The van der Waals surface area contributed by atoms with Gasteiger partial charge in [0.2, 0.25) is 0 Å². The summed E-state index contributed by atoms with van der Waals surface area (Å²) in [7, 11) is 0. The summed E-state index contributed by atoms with van der Waals surface area (Å²) < 4.78 is 0. The average Bonchev–Trinajstić information content (AvgIpc) is 2.36. The van der Waals surface area contributed by atoms with Crippen LogP contribution in [0.4, 0.5) is 0 Å². The lowest BCUT2D eigenvalue weighted by atomic mass is 9.83. The van der Waals surface area contributed by atoms with Crippen molar-refractivity contribution in [3.63, 3.8) is 0 Å². The molecular formula is C16H23N. The molecule has 1 heteroatoms. The monoisotopic (exact) mass is 229 g/mol. The van der Waals surface area contributed by atoms with Gasteiger partial charge in [0.05, 0.1) is 0 Å². The lowest BCUT2D eigenvalue weighted by Gasteiger charge is -2.27. The quantitative estimate of drug-likeness (QED) is 0.836. The van der Waals surface area contributed by atoms with Gasteiger partial charge in [-0.05, 0) is 55.3 Å². The first-order valence-corrected chi connectivity index (χ1v) is 7.21. The number of hydrogen-bond acceptors (Lipinski definition) is 1. The lowest BCUT2D eigenvalue weighted by Crippen LogP contribution is -2.43. The highest BCUT2D eigenvalue weighted by Crippen LogP contribution is 2.32. The van der Waals surface area contributed by atoms with E-state index in [4.69, 9.17) is 0 Å². The topological polar surface area (TPSA) is 12.0 Å². The van der Waals surface area contributed by atoms with Crippen LogP contribution in [0.25, 0.3) is 0 Å². The third-order valence-corrected chi connectivity index (χ3v) is 4.45. The van der Waals surface area contributed by atoms with Gasteiger partial charge in [-0.3, -0.25) is 0 Å². The van der Waals surface area contributed by atoms with Crippen LogP contribution in [0, 0.1) is 5.92 Å². The van der Waals surface area contributed by atoms with E-state index in [0.29, 0.717) is 0 Å². The maximum Gasteiger partial charge on any atom is -0.000506 e. The van der Waals surface area contributed by atoms with Crippen molar-refractivity contribution in [2.75, 3.05) is 13.1 Å². The molecule has 0 amide bonds. The molecular weight excluding hydrogens is 206 g/mol. The van der Waals surface area contributed by atoms with Crippen molar-refractivity contribution in [3.05, 3.63) is 35.4 Å². The number of hydrogen-bond donors (Lipinski definition) is 1. The summed E-state index contributed by atoms with van der Waals surface area (Å²) in [5, 5.41) is 3.34. The summed E-state index contributed by atoms with van der Waals surface area (Å²) in [5.41, 5.74) is 3.11. The zero-order chi connectivity index (χ0) is 11.5. The Balaban J connectivity index is 1.62. The van der Waals surface area contributed by atoms with Crippen molar-refractivity contribution in [2.24, 2.45) is 5.92 Å². The molecule has 1 saturated carbocycles. The van der Waals surface area contributed by atoms with Crippen LogP contribution >= 0.6 is 0 Å². The lowest BCUT2D eigenvalue weighted by molar-refractivity contribution is 0.346. The van der Waals surface area contributed by atoms with Gasteiger partial charge in [-0.2, -0.15) is 0 Å². The van der Waals surface area contributed by atoms with Crippen LogP contribution in [0.3, 0.4) is 0 Å². The Kier molecular flexibility index (Phi) is 3.46. The van der Waals surface area contributed by atoms with E-state index in [1.165, 1.54) is 57.2 Å². The Morgan fingerprint density at radius 3 is 2.24 bits per heavy atom. The van der Waals surface area contributed by atoms with Crippen LogP contribution in [-0.4, -0.2) is 13.1 Å². The molecule has 3 rings (SSSR count). The molecule has 1 aliphatic heterocycles. The Hall–Kier alpha value is -0.820. The number of rotatable bonds is 3. The third kappa shape index (κ3) is 2.71.